The number of nitrogens with zero attached hydrogens (tertiary/aromatic N) is 1. The Balaban J connectivity index is 1.84. The third-order valence-electron chi connectivity index (χ3n) is 4.75. The summed E-state index contributed by atoms with van der Waals surface area (Å²) in [5.74, 6) is -0.368. The first-order valence-corrected chi connectivity index (χ1v) is 9.46. The van der Waals surface area contributed by atoms with Crippen LogP contribution in [0.4, 0.5) is 8.78 Å². The summed E-state index contributed by atoms with van der Waals surface area (Å²) >= 11 is 0. The molecule has 3 aromatic carbocycles. The Morgan fingerprint density at radius 1 is 0.900 bits per heavy atom. The monoisotopic (exact) mass is 411 g/mol. The molecule has 30 heavy (non-hydrogen) atoms. The van der Waals surface area contributed by atoms with Gasteiger partial charge in [-0.25, -0.2) is 0 Å². The summed E-state index contributed by atoms with van der Waals surface area (Å²) in [5, 5.41) is 0. The molecule has 1 amide bonds. The van der Waals surface area contributed by atoms with Crippen LogP contribution < -0.4 is 9.47 Å². The van der Waals surface area contributed by atoms with Crippen molar-refractivity contribution in [2.24, 2.45) is 0 Å². The van der Waals surface area contributed by atoms with Gasteiger partial charge in [0, 0.05) is 13.6 Å². The van der Waals surface area contributed by atoms with Crippen molar-refractivity contribution in [3.63, 3.8) is 0 Å². The Bertz CT molecular complexity index is 925. The number of amides is 1. The number of hydrogen-bond donors (Lipinski definition) is 0. The highest BCUT2D eigenvalue weighted by atomic mass is 19.3. The SMILES string of the molecule is COc1cc(CN(C)C(=O)C(c2ccccc2)c2ccccc2)ccc1OC(F)F. The maximum Gasteiger partial charge on any atom is 0.387 e. The van der Waals surface area contributed by atoms with Gasteiger partial charge >= 0.3 is 6.61 Å². The second-order valence-corrected chi connectivity index (χ2v) is 6.81. The number of benzene rings is 3. The van der Waals surface area contributed by atoms with Gasteiger partial charge in [-0.1, -0.05) is 66.7 Å². The minimum Gasteiger partial charge on any atom is -0.493 e. The lowest BCUT2D eigenvalue weighted by Gasteiger charge is -2.25. The van der Waals surface area contributed by atoms with Crippen molar-refractivity contribution < 1.29 is 23.0 Å². The van der Waals surface area contributed by atoms with Gasteiger partial charge in [-0.2, -0.15) is 8.78 Å². The Morgan fingerprint density at radius 3 is 1.97 bits per heavy atom. The molecule has 0 aliphatic carbocycles. The molecule has 0 heterocycles. The van der Waals surface area contributed by atoms with Crippen LogP contribution in [0.3, 0.4) is 0 Å². The molecule has 0 bridgehead atoms. The molecule has 0 N–H and O–H groups in total. The molecule has 3 aromatic rings. The fourth-order valence-electron chi connectivity index (χ4n) is 3.34. The number of methoxy groups -OCH3 is 1. The molecule has 0 fully saturated rings. The molecule has 6 heteroatoms. The van der Waals surface area contributed by atoms with E-state index in [-0.39, 0.29) is 17.4 Å². The van der Waals surface area contributed by atoms with Gasteiger partial charge < -0.3 is 14.4 Å². The van der Waals surface area contributed by atoms with Gasteiger partial charge in [0.25, 0.3) is 0 Å². The number of alkyl halides is 2. The van der Waals surface area contributed by atoms with E-state index in [1.807, 2.05) is 60.7 Å². The summed E-state index contributed by atoms with van der Waals surface area (Å²) in [6.07, 6.45) is 0. The summed E-state index contributed by atoms with van der Waals surface area (Å²) in [5.41, 5.74) is 2.54. The van der Waals surface area contributed by atoms with Crippen LogP contribution in [0, 0.1) is 0 Å². The standard InChI is InChI=1S/C24H23F2NO3/c1-27(16-17-13-14-20(30-24(25)26)21(15-17)29-2)23(28)22(18-9-5-3-6-10-18)19-11-7-4-8-12-19/h3-15,22,24H,16H2,1-2H3. The molecule has 3 rings (SSSR count). The van der Waals surface area contributed by atoms with Crippen LogP contribution in [0.25, 0.3) is 0 Å². The van der Waals surface area contributed by atoms with E-state index >= 15 is 0 Å². The third kappa shape index (κ3) is 5.14. The summed E-state index contributed by atoms with van der Waals surface area (Å²) in [7, 11) is 3.10. The van der Waals surface area contributed by atoms with Crippen molar-refractivity contribution >= 4 is 5.91 Å². The van der Waals surface area contributed by atoms with Crippen LogP contribution in [-0.2, 0) is 11.3 Å². The molecular formula is C24H23F2NO3. The van der Waals surface area contributed by atoms with Crippen molar-refractivity contribution in [2.75, 3.05) is 14.2 Å². The molecule has 0 saturated heterocycles. The average Bonchev–Trinajstić information content (AvgIpc) is 2.76. The number of carbonyl (C=O) groups excluding carboxylic acids is 1. The minimum atomic E-state index is -2.94. The molecular weight excluding hydrogens is 388 g/mol. The largest absolute Gasteiger partial charge is 0.493 e. The predicted molar refractivity (Wildman–Crippen MR) is 111 cm³/mol. The van der Waals surface area contributed by atoms with E-state index < -0.39 is 12.5 Å². The smallest absolute Gasteiger partial charge is 0.387 e. The van der Waals surface area contributed by atoms with E-state index in [4.69, 9.17) is 4.74 Å². The maximum absolute atomic E-state index is 13.4. The van der Waals surface area contributed by atoms with Gasteiger partial charge in [-0.05, 0) is 28.8 Å². The van der Waals surface area contributed by atoms with Gasteiger partial charge in [0.1, 0.15) is 0 Å². The Labute approximate surface area is 174 Å². The number of ether oxygens (including phenoxy) is 2. The van der Waals surface area contributed by atoms with E-state index in [1.165, 1.54) is 13.2 Å². The van der Waals surface area contributed by atoms with E-state index in [0.29, 0.717) is 6.54 Å². The Morgan fingerprint density at radius 2 is 1.47 bits per heavy atom. The molecule has 0 saturated carbocycles. The molecule has 0 radical (unpaired) electrons. The highest BCUT2D eigenvalue weighted by Crippen LogP contribution is 2.31. The minimum absolute atomic E-state index is 0.0447. The zero-order chi connectivity index (χ0) is 21.5. The predicted octanol–water partition coefficient (Wildman–Crippen LogP) is 5.09. The topological polar surface area (TPSA) is 38.8 Å². The highest BCUT2D eigenvalue weighted by Gasteiger charge is 2.26. The van der Waals surface area contributed by atoms with Crippen molar-refractivity contribution in [1.29, 1.82) is 0 Å². The normalized spacial score (nSPS) is 10.9. The second-order valence-electron chi connectivity index (χ2n) is 6.81. The zero-order valence-electron chi connectivity index (χ0n) is 16.8. The number of hydrogen-bond acceptors (Lipinski definition) is 3. The first-order chi connectivity index (χ1) is 14.5. The number of carbonyl (C=O) groups is 1. The van der Waals surface area contributed by atoms with Crippen LogP contribution in [-0.4, -0.2) is 31.6 Å². The van der Waals surface area contributed by atoms with Crippen LogP contribution in [0.5, 0.6) is 11.5 Å². The zero-order valence-corrected chi connectivity index (χ0v) is 16.8. The van der Waals surface area contributed by atoms with Crippen LogP contribution >= 0.6 is 0 Å². The molecule has 4 nitrogen and oxygen atoms in total. The van der Waals surface area contributed by atoms with Gasteiger partial charge in [0.2, 0.25) is 5.91 Å². The second kappa shape index (κ2) is 9.87. The molecule has 0 aliphatic heterocycles. The van der Waals surface area contributed by atoms with Crippen LogP contribution in [0.2, 0.25) is 0 Å². The van der Waals surface area contributed by atoms with Gasteiger partial charge in [-0.15, -0.1) is 0 Å². The van der Waals surface area contributed by atoms with Crippen molar-refractivity contribution in [2.45, 2.75) is 19.1 Å². The van der Waals surface area contributed by atoms with Crippen molar-refractivity contribution in [3.05, 3.63) is 95.6 Å². The first kappa shape index (κ1) is 21.3. The maximum atomic E-state index is 13.4. The lowest BCUT2D eigenvalue weighted by Crippen LogP contribution is -2.32. The van der Waals surface area contributed by atoms with Crippen molar-refractivity contribution in [1.82, 2.24) is 4.90 Å². The van der Waals surface area contributed by atoms with Crippen LogP contribution in [0.1, 0.15) is 22.6 Å². The fraction of sp³-hybridized carbons (Fsp3) is 0.208. The molecule has 0 atom stereocenters. The molecule has 0 spiro atoms. The Kier molecular flexibility index (Phi) is 7.01. The van der Waals surface area contributed by atoms with E-state index in [0.717, 1.165) is 16.7 Å². The summed E-state index contributed by atoms with van der Waals surface area (Å²) in [6.45, 7) is -2.65. The number of halogens is 2. The summed E-state index contributed by atoms with van der Waals surface area (Å²) < 4.78 is 34.7. The van der Waals surface area contributed by atoms with Gasteiger partial charge in [-0.3, -0.25) is 4.79 Å². The lowest BCUT2D eigenvalue weighted by atomic mass is 9.90. The highest BCUT2D eigenvalue weighted by molar-refractivity contribution is 5.87. The quantitative estimate of drug-likeness (QED) is 0.518. The number of likely N-dealkylation sites (N-methyl/N-ethyl adjacent to an activating group) is 1. The lowest BCUT2D eigenvalue weighted by molar-refractivity contribution is -0.131. The molecule has 0 aliphatic rings. The van der Waals surface area contributed by atoms with Crippen LogP contribution in [0.15, 0.2) is 78.9 Å². The molecule has 0 unspecified atom stereocenters. The molecule has 156 valence electrons. The Hall–Kier alpha value is -3.41. The molecule has 0 aromatic heterocycles. The third-order valence-corrected chi connectivity index (χ3v) is 4.75. The average molecular weight is 411 g/mol. The van der Waals surface area contributed by atoms with E-state index in [9.17, 15) is 13.6 Å². The number of rotatable bonds is 8. The summed E-state index contributed by atoms with van der Waals surface area (Å²) in [6, 6.07) is 23.9. The summed E-state index contributed by atoms with van der Waals surface area (Å²) in [4.78, 5) is 15.0. The van der Waals surface area contributed by atoms with Crippen molar-refractivity contribution in [3.8, 4) is 11.5 Å². The first-order valence-electron chi connectivity index (χ1n) is 9.46. The van der Waals surface area contributed by atoms with Gasteiger partial charge in [0.05, 0.1) is 13.0 Å². The fourth-order valence-corrected chi connectivity index (χ4v) is 3.34. The van der Waals surface area contributed by atoms with E-state index in [1.54, 1.807) is 24.1 Å². The van der Waals surface area contributed by atoms with Gasteiger partial charge in [0.15, 0.2) is 11.5 Å². The van der Waals surface area contributed by atoms with E-state index in [2.05, 4.69) is 4.74 Å².